The summed E-state index contributed by atoms with van der Waals surface area (Å²) in [4.78, 5) is 37.6. The molecular weight excluding hydrogens is 556 g/mol. The zero-order valence-corrected chi connectivity index (χ0v) is 22.5. The number of halogens is 2. The summed E-state index contributed by atoms with van der Waals surface area (Å²) in [5, 5.41) is 17.8. The van der Waals surface area contributed by atoms with Gasteiger partial charge in [-0.1, -0.05) is 4.80 Å². The first kappa shape index (κ1) is 26.6. The zero-order chi connectivity index (χ0) is 28.5. The van der Waals surface area contributed by atoms with Crippen LogP contribution in [0.2, 0.25) is 0 Å². The third-order valence-electron chi connectivity index (χ3n) is 6.62. The van der Waals surface area contributed by atoms with Gasteiger partial charge >= 0.3 is 6.55 Å². The van der Waals surface area contributed by atoms with Gasteiger partial charge in [0.1, 0.15) is 17.3 Å². The number of thiophene rings is 1. The van der Waals surface area contributed by atoms with Gasteiger partial charge in [0.25, 0.3) is 5.91 Å². The average molecular weight is 580 g/mol. The molecule has 0 unspecified atom stereocenters. The molecule has 0 bridgehead atoms. The second-order valence-corrected chi connectivity index (χ2v) is 10.1. The normalized spacial score (nSPS) is 15.0. The molecule has 0 saturated carbocycles. The van der Waals surface area contributed by atoms with Gasteiger partial charge in [0.2, 0.25) is 11.8 Å². The number of nitrogens with zero attached hydrogens (tertiary/aromatic N) is 8. The maximum absolute atomic E-state index is 13.4. The van der Waals surface area contributed by atoms with Crippen LogP contribution in [-0.4, -0.2) is 78.0 Å². The van der Waals surface area contributed by atoms with Crippen molar-refractivity contribution < 1.29 is 22.8 Å². The van der Waals surface area contributed by atoms with E-state index in [0.717, 1.165) is 5.56 Å². The fourth-order valence-electron chi connectivity index (χ4n) is 4.74. The number of oxazole rings is 1. The topological polar surface area (TPSA) is 135 Å². The molecule has 5 aromatic rings. The second-order valence-electron chi connectivity index (χ2n) is 9.35. The fourth-order valence-corrected chi connectivity index (χ4v) is 5.42. The van der Waals surface area contributed by atoms with Crippen molar-refractivity contribution in [1.82, 2.24) is 40.0 Å². The van der Waals surface area contributed by atoms with E-state index in [1.54, 1.807) is 35.2 Å². The highest BCUT2D eigenvalue weighted by atomic mass is 32.1. The number of aromatic nitrogens is 6. The molecule has 0 spiro atoms. The Kier molecular flexibility index (Phi) is 7.19. The minimum Gasteiger partial charge on any atom is -0.436 e. The van der Waals surface area contributed by atoms with Crippen LogP contribution in [0.15, 0.2) is 57.8 Å². The quantitative estimate of drug-likeness (QED) is 0.305. The van der Waals surface area contributed by atoms with Crippen LogP contribution >= 0.6 is 11.3 Å². The fraction of sp³-hybridized carbons (Fsp3) is 0.269. The summed E-state index contributed by atoms with van der Waals surface area (Å²) in [5.41, 5.74) is 3.41. The number of nitrogens with one attached hydrogen (secondary N) is 1. The summed E-state index contributed by atoms with van der Waals surface area (Å²) < 4.78 is 32.1. The highest BCUT2D eigenvalue weighted by Crippen LogP contribution is 2.30. The smallest absolute Gasteiger partial charge is 0.350 e. The Bertz CT molecular complexity index is 1700. The number of benzene rings is 1. The highest BCUT2D eigenvalue weighted by molar-refractivity contribution is 7.08. The molecule has 1 N–H and O–H groups in total. The van der Waals surface area contributed by atoms with E-state index in [2.05, 4.69) is 35.6 Å². The molecule has 1 saturated heterocycles. The maximum Gasteiger partial charge on any atom is 0.350 e. The number of pyridine rings is 1. The standard InChI is InChI=1S/C26H23F2N9O3S/c1-15(38)30-18-2-3-21-19(13-18)31-24(40-21)16-4-6-29-20(12-16)25(39)36-9-7-35(8-10-36)22(17-5-11-41-14-17)23-32-34-37(33-23)26(27)28/h2-6,11-14,22,26H,7-10H2,1H3,(H,30,38)/t22-/m0/s1. The Hall–Kier alpha value is -4.63. The summed E-state index contributed by atoms with van der Waals surface area (Å²) in [6.07, 6.45) is 1.53. The van der Waals surface area contributed by atoms with Crippen molar-refractivity contribution in [3.05, 3.63) is 70.4 Å². The first-order chi connectivity index (χ1) is 19.9. The minimum atomic E-state index is -2.88. The van der Waals surface area contributed by atoms with Gasteiger partial charge in [-0.05, 0) is 57.9 Å². The summed E-state index contributed by atoms with van der Waals surface area (Å²) >= 11 is 1.49. The Morgan fingerprint density at radius 1 is 1.10 bits per heavy atom. The van der Waals surface area contributed by atoms with Gasteiger partial charge in [-0.15, -0.1) is 10.2 Å². The number of carbonyl (C=O) groups is 2. The number of carbonyl (C=O) groups excluding carboxylic acids is 2. The van der Waals surface area contributed by atoms with Gasteiger partial charge in [0.05, 0.1) is 0 Å². The summed E-state index contributed by atoms with van der Waals surface area (Å²) in [7, 11) is 0. The molecule has 12 nitrogen and oxygen atoms in total. The lowest BCUT2D eigenvalue weighted by Gasteiger charge is -2.38. The molecule has 5 heterocycles. The molecule has 1 aliphatic heterocycles. The predicted octanol–water partition coefficient (Wildman–Crippen LogP) is 3.84. The lowest BCUT2D eigenvalue weighted by atomic mass is 10.1. The number of fused-ring (bicyclic) bond motifs is 1. The molecule has 41 heavy (non-hydrogen) atoms. The van der Waals surface area contributed by atoms with E-state index < -0.39 is 12.6 Å². The van der Waals surface area contributed by atoms with Crippen LogP contribution in [-0.2, 0) is 4.79 Å². The van der Waals surface area contributed by atoms with E-state index in [9.17, 15) is 18.4 Å². The van der Waals surface area contributed by atoms with Gasteiger partial charge < -0.3 is 14.6 Å². The Labute approximate surface area is 235 Å². The third-order valence-corrected chi connectivity index (χ3v) is 7.32. The van der Waals surface area contributed by atoms with Gasteiger partial charge in [-0.25, -0.2) is 4.98 Å². The van der Waals surface area contributed by atoms with Crippen molar-refractivity contribution in [2.24, 2.45) is 0 Å². The summed E-state index contributed by atoms with van der Waals surface area (Å²) in [6.45, 7) is 0.267. The Morgan fingerprint density at radius 3 is 2.63 bits per heavy atom. The van der Waals surface area contributed by atoms with E-state index in [1.807, 2.05) is 16.8 Å². The molecule has 2 amide bonds. The molecule has 0 radical (unpaired) electrons. The lowest BCUT2D eigenvalue weighted by Crippen LogP contribution is -2.50. The number of anilines is 1. The molecule has 0 aliphatic carbocycles. The molecule has 15 heteroatoms. The van der Waals surface area contributed by atoms with Crippen LogP contribution in [0.5, 0.6) is 0 Å². The van der Waals surface area contributed by atoms with Crippen LogP contribution in [0.4, 0.5) is 14.5 Å². The predicted molar refractivity (Wildman–Crippen MR) is 144 cm³/mol. The first-order valence-electron chi connectivity index (χ1n) is 12.6. The Balaban J connectivity index is 1.17. The monoisotopic (exact) mass is 579 g/mol. The van der Waals surface area contributed by atoms with Crippen molar-refractivity contribution in [2.45, 2.75) is 19.5 Å². The number of alkyl halides is 2. The van der Waals surface area contributed by atoms with Crippen molar-refractivity contribution >= 4 is 39.9 Å². The van der Waals surface area contributed by atoms with Crippen LogP contribution in [0, 0.1) is 0 Å². The molecule has 1 aromatic carbocycles. The van der Waals surface area contributed by atoms with Crippen LogP contribution in [0.25, 0.3) is 22.6 Å². The molecule has 1 aliphatic rings. The molecule has 1 fully saturated rings. The van der Waals surface area contributed by atoms with Crippen molar-refractivity contribution in [3.63, 3.8) is 0 Å². The van der Waals surface area contributed by atoms with Gasteiger partial charge in [-0.2, -0.15) is 20.1 Å². The number of hydrogen-bond acceptors (Lipinski definition) is 10. The maximum atomic E-state index is 13.4. The van der Waals surface area contributed by atoms with Crippen molar-refractivity contribution in [3.8, 4) is 11.5 Å². The van der Waals surface area contributed by atoms with Crippen molar-refractivity contribution in [1.29, 1.82) is 0 Å². The van der Waals surface area contributed by atoms with Gasteiger partial charge in [0, 0.05) is 50.6 Å². The number of piperazine rings is 1. The van der Waals surface area contributed by atoms with Crippen LogP contribution in [0.1, 0.15) is 41.4 Å². The SMILES string of the molecule is CC(=O)Nc1ccc2oc(-c3ccnc(C(=O)N4CCN([C@@H](c5ccsc5)c5nnn(C(F)F)n5)CC4)c3)nc2c1. The van der Waals surface area contributed by atoms with E-state index in [1.165, 1.54) is 24.5 Å². The third kappa shape index (κ3) is 5.53. The summed E-state index contributed by atoms with van der Waals surface area (Å²) in [5.74, 6) is 0.0679. The van der Waals surface area contributed by atoms with Gasteiger partial charge in [0.15, 0.2) is 11.4 Å². The largest absolute Gasteiger partial charge is 0.436 e. The van der Waals surface area contributed by atoms with Crippen molar-refractivity contribution in [2.75, 3.05) is 31.5 Å². The first-order valence-corrected chi connectivity index (χ1v) is 13.6. The minimum absolute atomic E-state index is 0.181. The Morgan fingerprint density at radius 2 is 1.93 bits per heavy atom. The molecule has 210 valence electrons. The summed E-state index contributed by atoms with van der Waals surface area (Å²) in [6, 6.07) is 9.93. The van der Waals surface area contributed by atoms with E-state index in [4.69, 9.17) is 4.42 Å². The van der Waals surface area contributed by atoms with Crippen LogP contribution in [0.3, 0.4) is 0 Å². The molecule has 1 atom stereocenters. The molecule has 4 aromatic heterocycles. The van der Waals surface area contributed by atoms with E-state index in [0.29, 0.717) is 59.2 Å². The van der Waals surface area contributed by atoms with Crippen LogP contribution < -0.4 is 5.32 Å². The number of rotatable bonds is 7. The highest BCUT2D eigenvalue weighted by Gasteiger charge is 2.32. The number of tetrazole rings is 1. The second kappa shape index (κ2) is 11.1. The number of hydrogen-bond donors (Lipinski definition) is 1. The lowest BCUT2D eigenvalue weighted by molar-refractivity contribution is -0.114. The van der Waals surface area contributed by atoms with E-state index in [-0.39, 0.29) is 23.3 Å². The number of amides is 2. The van der Waals surface area contributed by atoms with E-state index >= 15 is 0 Å². The molecule has 6 rings (SSSR count). The average Bonchev–Trinajstić information content (AvgIpc) is 3.75. The molecular formula is C26H23F2N9O3S. The zero-order valence-electron chi connectivity index (χ0n) is 21.6. The van der Waals surface area contributed by atoms with Gasteiger partial charge in [-0.3, -0.25) is 19.5 Å².